The zero-order valence-corrected chi connectivity index (χ0v) is 11.7. The number of rotatable bonds is 4. The molecule has 0 bridgehead atoms. The number of carbonyl (C=O) groups excluding carboxylic acids is 1. The van der Waals surface area contributed by atoms with Gasteiger partial charge in [-0.25, -0.2) is 0 Å². The minimum Gasteiger partial charge on any atom is -0.395 e. The Morgan fingerprint density at radius 1 is 1.42 bits per heavy atom. The van der Waals surface area contributed by atoms with Crippen molar-refractivity contribution in [3.63, 3.8) is 0 Å². The SMILES string of the molecule is CCc1[nH]nc(C(=O)Nc2ccc(SC)cc2)c1N. The molecule has 0 spiro atoms. The second-order valence-corrected chi connectivity index (χ2v) is 4.88. The third kappa shape index (κ3) is 2.90. The van der Waals surface area contributed by atoms with E-state index in [0.717, 1.165) is 16.3 Å². The first-order chi connectivity index (χ1) is 9.15. The highest BCUT2D eigenvalue weighted by Gasteiger charge is 2.16. The molecule has 1 heterocycles. The Morgan fingerprint density at radius 3 is 2.63 bits per heavy atom. The molecular weight excluding hydrogens is 260 g/mol. The summed E-state index contributed by atoms with van der Waals surface area (Å²) in [6.07, 6.45) is 2.72. The highest BCUT2D eigenvalue weighted by atomic mass is 32.2. The van der Waals surface area contributed by atoms with Gasteiger partial charge in [0.25, 0.3) is 5.91 Å². The van der Waals surface area contributed by atoms with Crippen molar-refractivity contribution >= 4 is 29.0 Å². The number of aromatic amines is 1. The van der Waals surface area contributed by atoms with E-state index in [9.17, 15) is 4.79 Å². The van der Waals surface area contributed by atoms with Crippen LogP contribution in [0.3, 0.4) is 0 Å². The molecule has 0 fully saturated rings. The summed E-state index contributed by atoms with van der Waals surface area (Å²) < 4.78 is 0. The molecule has 2 rings (SSSR count). The third-order valence-corrected chi connectivity index (χ3v) is 3.54. The number of nitrogens with two attached hydrogens (primary N) is 1. The Hall–Kier alpha value is -1.95. The molecule has 0 radical (unpaired) electrons. The maximum Gasteiger partial charge on any atom is 0.278 e. The number of hydrogen-bond acceptors (Lipinski definition) is 4. The van der Waals surface area contributed by atoms with Gasteiger partial charge < -0.3 is 11.1 Å². The van der Waals surface area contributed by atoms with Crippen LogP contribution < -0.4 is 11.1 Å². The molecule has 1 amide bonds. The fourth-order valence-corrected chi connectivity index (χ4v) is 2.10. The van der Waals surface area contributed by atoms with E-state index in [2.05, 4.69) is 15.5 Å². The van der Waals surface area contributed by atoms with Crippen LogP contribution in [0.5, 0.6) is 0 Å². The molecule has 0 unspecified atom stereocenters. The van der Waals surface area contributed by atoms with E-state index in [0.29, 0.717) is 12.1 Å². The summed E-state index contributed by atoms with van der Waals surface area (Å²) in [7, 11) is 0. The fourth-order valence-electron chi connectivity index (χ4n) is 1.69. The lowest BCUT2D eigenvalue weighted by Crippen LogP contribution is -2.14. The van der Waals surface area contributed by atoms with Crippen molar-refractivity contribution in [3.05, 3.63) is 35.7 Å². The molecule has 0 saturated heterocycles. The number of anilines is 2. The number of H-pyrrole nitrogens is 1. The van der Waals surface area contributed by atoms with E-state index in [4.69, 9.17) is 5.73 Å². The molecule has 2 aromatic rings. The highest BCUT2D eigenvalue weighted by molar-refractivity contribution is 7.98. The zero-order valence-electron chi connectivity index (χ0n) is 10.9. The lowest BCUT2D eigenvalue weighted by molar-refractivity contribution is 0.102. The summed E-state index contributed by atoms with van der Waals surface area (Å²) >= 11 is 1.65. The van der Waals surface area contributed by atoms with E-state index in [1.165, 1.54) is 0 Å². The molecule has 0 saturated carbocycles. The smallest absolute Gasteiger partial charge is 0.278 e. The van der Waals surface area contributed by atoms with Gasteiger partial charge >= 0.3 is 0 Å². The van der Waals surface area contributed by atoms with Crippen molar-refractivity contribution < 1.29 is 4.79 Å². The topological polar surface area (TPSA) is 83.8 Å². The average Bonchev–Trinajstić information content (AvgIpc) is 2.80. The normalized spacial score (nSPS) is 10.4. The lowest BCUT2D eigenvalue weighted by Gasteiger charge is -2.04. The van der Waals surface area contributed by atoms with E-state index in [1.807, 2.05) is 37.4 Å². The molecule has 5 nitrogen and oxygen atoms in total. The van der Waals surface area contributed by atoms with Gasteiger partial charge in [0.15, 0.2) is 5.69 Å². The number of hydrogen-bond donors (Lipinski definition) is 3. The Balaban J connectivity index is 2.13. The predicted molar refractivity (Wildman–Crippen MR) is 78.6 cm³/mol. The van der Waals surface area contributed by atoms with E-state index in [1.54, 1.807) is 11.8 Å². The van der Waals surface area contributed by atoms with Crippen LogP contribution in [0.1, 0.15) is 23.1 Å². The van der Waals surface area contributed by atoms with E-state index < -0.39 is 0 Å². The average molecular weight is 276 g/mol. The molecule has 0 aliphatic rings. The number of nitrogens with one attached hydrogen (secondary N) is 2. The second-order valence-electron chi connectivity index (χ2n) is 4.00. The number of carbonyl (C=O) groups is 1. The third-order valence-electron chi connectivity index (χ3n) is 2.80. The van der Waals surface area contributed by atoms with Crippen molar-refractivity contribution in [1.29, 1.82) is 0 Å². The molecule has 0 aliphatic heterocycles. The first-order valence-corrected chi connectivity index (χ1v) is 7.16. The molecule has 19 heavy (non-hydrogen) atoms. The van der Waals surface area contributed by atoms with E-state index >= 15 is 0 Å². The van der Waals surface area contributed by atoms with Gasteiger partial charge in [-0.1, -0.05) is 6.92 Å². The van der Waals surface area contributed by atoms with Gasteiger partial charge in [0, 0.05) is 10.6 Å². The first kappa shape index (κ1) is 13.5. The maximum atomic E-state index is 12.0. The van der Waals surface area contributed by atoms with Gasteiger partial charge in [0.05, 0.1) is 11.4 Å². The number of aryl methyl sites for hydroxylation is 1. The molecule has 0 aliphatic carbocycles. The molecule has 6 heteroatoms. The minimum atomic E-state index is -0.301. The molecular formula is C13H16N4OS. The Morgan fingerprint density at radius 2 is 2.11 bits per heavy atom. The summed E-state index contributed by atoms with van der Waals surface area (Å²) in [5.74, 6) is -0.301. The maximum absolute atomic E-state index is 12.0. The van der Waals surface area contributed by atoms with Crippen LogP contribution in [0, 0.1) is 0 Å². The van der Waals surface area contributed by atoms with Crippen LogP contribution in [0.4, 0.5) is 11.4 Å². The number of thioether (sulfide) groups is 1. The number of amides is 1. The predicted octanol–water partition coefficient (Wildman–Crippen LogP) is 2.53. The number of benzene rings is 1. The van der Waals surface area contributed by atoms with Crippen LogP contribution in [-0.2, 0) is 6.42 Å². The van der Waals surface area contributed by atoms with Crippen LogP contribution in [0.25, 0.3) is 0 Å². The summed E-state index contributed by atoms with van der Waals surface area (Å²) in [5.41, 5.74) is 8.02. The Kier molecular flexibility index (Phi) is 4.11. The van der Waals surface area contributed by atoms with Crippen LogP contribution in [-0.4, -0.2) is 22.4 Å². The minimum absolute atomic E-state index is 0.241. The van der Waals surface area contributed by atoms with Crippen LogP contribution >= 0.6 is 11.8 Å². The van der Waals surface area contributed by atoms with Gasteiger partial charge in [-0.15, -0.1) is 11.8 Å². The van der Waals surface area contributed by atoms with Crippen molar-refractivity contribution in [1.82, 2.24) is 10.2 Å². The monoisotopic (exact) mass is 276 g/mol. The first-order valence-electron chi connectivity index (χ1n) is 5.93. The van der Waals surface area contributed by atoms with Crippen molar-refractivity contribution in [2.24, 2.45) is 0 Å². The molecule has 0 atom stereocenters. The number of aromatic nitrogens is 2. The zero-order chi connectivity index (χ0) is 13.8. The Bertz CT molecular complexity index is 577. The highest BCUT2D eigenvalue weighted by Crippen LogP contribution is 2.19. The number of nitrogen functional groups attached to an aromatic ring is 1. The quantitative estimate of drug-likeness (QED) is 0.749. The molecule has 1 aromatic carbocycles. The van der Waals surface area contributed by atoms with Gasteiger partial charge in [-0.05, 0) is 36.9 Å². The lowest BCUT2D eigenvalue weighted by atomic mass is 10.2. The summed E-state index contributed by atoms with van der Waals surface area (Å²) in [5, 5.41) is 9.50. The van der Waals surface area contributed by atoms with Gasteiger partial charge in [-0.3, -0.25) is 9.89 Å². The summed E-state index contributed by atoms with van der Waals surface area (Å²) in [6.45, 7) is 1.95. The summed E-state index contributed by atoms with van der Waals surface area (Å²) in [6, 6.07) is 7.61. The summed E-state index contributed by atoms with van der Waals surface area (Å²) in [4.78, 5) is 13.2. The van der Waals surface area contributed by atoms with E-state index in [-0.39, 0.29) is 11.6 Å². The standard InChI is InChI=1S/C13H16N4OS/c1-3-10-11(14)12(17-16-10)13(18)15-8-4-6-9(19-2)7-5-8/h4-7H,3,14H2,1-2H3,(H,15,18)(H,16,17). The van der Waals surface area contributed by atoms with Crippen LogP contribution in [0.15, 0.2) is 29.2 Å². The van der Waals surface area contributed by atoms with Crippen molar-refractivity contribution in [2.45, 2.75) is 18.2 Å². The molecule has 1 aromatic heterocycles. The molecule has 4 N–H and O–H groups in total. The van der Waals surface area contributed by atoms with Gasteiger partial charge in [-0.2, -0.15) is 5.10 Å². The van der Waals surface area contributed by atoms with Gasteiger partial charge in [0.2, 0.25) is 0 Å². The Labute approximate surface area is 116 Å². The van der Waals surface area contributed by atoms with Gasteiger partial charge in [0.1, 0.15) is 0 Å². The largest absolute Gasteiger partial charge is 0.395 e. The fraction of sp³-hybridized carbons (Fsp3) is 0.231. The molecule has 100 valence electrons. The number of nitrogens with zero attached hydrogens (tertiary/aromatic N) is 1. The van der Waals surface area contributed by atoms with Crippen molar-refractivity contribution in [3.8, 4) is 0 Å². The second kappa shape index (κ2) is 5.79. The van der Waals surface area contributed by atoms with Crippen molar-refractivity contribution in [2.75, 3.05) is 17.3 Å². The van der Waals surface area contributed by atoms with Crippen LogP contribution in [0.2, 0.25) is 0 Å².